The largest absolute Gasteiger partial charge is 0.325 e. The Morgan fingerprint density at radius 3 is 2.52 bits per heavy atom. The van der Waals surface area contributed by atoms with E-state index < -0.39 is 17.5 Å². The van der Waals surface area contributed by atoms with E-state index >= 15 is 0 Å². The predicted octanol–water partition coefficient (Wildman–Crippen LogP) is 3.57. The Kier molecular flexibility index (Phi) is 5.00. The summed E-state index contributed by atoms with van der Waals surface area (Å²) in [5.41, 5.74) is 3.85. The Morgan fingerprint density at radius 1 is 1.09 bits per heavy atom. The third-order valence-corrected chi connectivity index (χ3v) is 6.40. The summed E-state index contributed by atoms with van der Waals surface area (Å²) in [5.74, 6) is -0.312. The molecule has 1 spiro atoms. The molecule has 1 aliphatic carbocycles. The fourth-order valence-electron chi connectivity index (χ4n) is 4.39. The van der Waals surface area contributed by atoms with Crippen LogP contribution in [0.15, 0.2) is 54.6 Å². The Morgan fingerprint density at radius 2 is 1.85 bits per heavy atom. The zero-order valence-corrected chi connectivity index (χ0v) is 18.6. The summed E-state index contributed by atoms with van der Waals surface area (Å²) in [6.45, 7) is 3.69. The lowest BCUT2D eigenvalue weighted by Gasteiger charge is -2.34. The molecule has 8 nitrogen and oxygen atoms in total. The number of carbonyl (C=O) groups is 3. The van der Waals surface area contributed by atoms with Crippen LogP contribution in [0.5, 0.6) is 0 Å². The molecule has 1 aliphatic heterocycles. The SMILES string of the molecule is Cc1ccc(C)c(-c2cc(NC(=O)CN3C(=O)NC4(CCC4)C3=O)n(-c3ccccc3)n2)c1. The molecule has 33 heavy (non-hydrogen) atoms. The van der Waals surface area contributed by atoms with Gasteiger partial charge < -0.3 is 10.6 Å². The number of nitrogens with one attached hydrogen (secondary N) is 2. The highest BCUT2D eigenvalue weighted by molar-refractivity contribution is 6.10. The molecule has 2 heterocycles. The van der Waals surface area contributed by atoms with Crippen molar-refractivity contribution in [1.82, 2.24) is 20.0 Å². The smallest absolute Gasteiger partial charge is 0.323 e. The number of aryl methyl sites for hydroxylation is 2. The minimum atomic E-state index is -0.807. The van der Waals surface area contributed by atoms with E-state index in [2.05, 4.69) is 16.7 Å². The van der Waals surface area contributed by atoms with Crippen molar-refractivity contribution < 1.29 is 14.4 Å². The zero-order valence-electron chi connectivity index (χ0n) is 18.6. The molecule has 2 fully saturated rings. The summed E-state index contributed by atoms with van der Waals surface area (Å²) < 4.78 is 1.66. The number of amides is 4. The van der Waals surface area contributed by atoms with Crippen molar-refractivity contribution in [3.05, 3.63) is 65.7 Å². The zero-order chi connectivity index (χ0) is 23.2. The fourth-order valence-corrected chi connectivity index (χ4v) is 4.39. The van der Waals surface area contributed by atoms with Crippen molar-refractivity contribution in [2.75, 3.05) is 11.9 Å². The Bertz CT molecular complexity index is 1260. The molecule has 168 valence electrons. The van der Waals surface area contributed by atoms with Gasteiger partial charge in [0.1, 0.15) is 17.9 Å². The molecule has 1 saturated carbocycles. The first kappa shape index (κ1) is 20.9. The molecule has 8 heteroatoms. The molecule has 4 amide bonds. The van der Waals surface area contributed by atoms with Gasteiger partial charge in [0.2, 0.25) is 5.91 Å². The fraction of sp³-hybridized carbons (Fsp3) is 0.280. The van der Waals surface area contributed by atoms with E-state index in [0.717, 1.165) is 39.4 Å². The van der Waals surface area contributed by atoms with Crippen LogP contribution < -0.4 is 10.6 Å². The number of imide groups is 1. The average Bonchev–Trinajstić information content (AvgIpc) is 3.30. The van der Waals surface area contributed by atoms with E-state index in [1.807, 2.05) is 62.4 Å². The van der Waals surface area contributed by atoms with E-state index in [0.29, 0.717) is 18.7 Å². The van der Waals surface area contributed by atoms with Crippen molar-refractivity contribution in [2.45, 2.75) is 38.6 Å². The first-order valence-corrected chi connectivity index (χ1v) is 11.0. The Balaban J connectivity index is 1.44. The van der Waals surface area contributed by atoms with E-state index in [-0.39, 0.29) is 12.5 Å². The van der Waals surface area contributed by atoms with Crippen LogP contribution in [0.3, 0.4) is 0 Å². The van der Waals surface area contributed by atoms with Crippen molar-refractivity contribution >= 4 is 23.7 Å². The number of carbonyl (C=O) groups excluding carboxylic acids is 3. The Hall–Kier alpha value is -3.94. The van der Waals surface area contributed by atoms with Gasteiger partial charge in [0, 0.05) is 11.6 Å². The van der Waals surface area contributed by atoms with E-state index in [4.69, 9.17) is 5.10 Å². The number of rotatable bonds is 5. The standard InChI is InChI=1S/C25H25N5O3/c1-16-9-10-17(2)19(13-16)20-14-21(30(28-20)18-7-4-3-5-8-18)26-22(31)15-29-23(32)25(11-6-12-25)27-24(29)33/h3-5,7-10,13-14H,6,11-12,15H2,1-2H3,(H,26,31)(H,27,33). The Labute approximate surface area is 191 Å². The van der Waals surface area contributed by atoms with Crippen LogP contribution in [0.2, 0.25) is 0 Å². The van der Waals surface area contributed by atoms with Crippen LogP contribution in [0, 0.1) is 13.8 Å². The van der Waals surface area contributed by atoms with Crippen LogP contribution in [0.25, 0.3) is 16.9 Å². The summed E-state index contributed by atoms with van der Waals surface area (Å²) in [4.78, 5) is 38.9. The van der Waals surface area contributed by atoms with E-state index in [9.17, 15) is 14.4 Å². The van der Waals surface area contributed by atoms with Gasteiger partial charge in [0.05, 0.1) is 11.4 Å². The molecule has 0 bridgehead atoms. The molecule has 2 N–H and O–H groups in total. The van der Waals surface area contributed by atoms with E-state index in [1.54, 1.807) is 4.68 Å². The predicted molar refractivity (Wildman–Crippen MR) is 124 cm³/mol. The van der Waals surface area contributed by atoms with Gasteiger partial charge in [-0.2, -0.15) is 5.10 Å². The molecule has 0 atom stereocenters. The van der Waals surface area contributed by atoms with Gasteiger partial charge in [-0.1, -0.05) is 35.9 Å². The summed E-state index contributed by atoms with van der Waals surface area (Å²) in [7, 11) is 0. The molecule has 0 unspecified atom stereocenters. The van der Waals surface area contributed by atoms with Crippen molar-refractivity contribution in [3.8, 4) is 16.9 Å². The van der Waals surface area contributed by atoms with Crippen LogP contribution >= 0.6 is 0 Å². The van der Waals surface area contributed by atoms with Gasteiger partial charge in [0.25, 0.3) is 5.91 Å². The molecular weight excluding hydrogens is 418 g/mol. The summed E-state index contributed by atoms with van der Waals surface area (Å²) in [6, 6.07) is 16.9. The number of hydrogen-bond acceptors (Lipinski definition) is 4. The molecule has 1 aromatic heterocycles. The minimum Gasteiger partial charge on any atom is -0.323 e. The second kappa shape index (κ2) is 7.88. The highest BCUT2D eigenvalue weighted by Crippen LogP contribution is 2.37. The number of aromatic nitrogens is 2. The molecule has 0 radical (unpaired) electrons. The molecule has 3 aromatic rings. The van der Waals surface area contributed by atoms with Crippen molar-refractivity contribution in [2.24, 2.45) is 0 Å². The lowest BCUT2D eigenvalue weighted by molar-refractivity contribution is -0.136. The van der Waals surface area contributed by atoms with Gasteiger partial charge in [-0.25, -0.2) is 9.48 Å². The second-order valence-electron chi connectivity index (χ2n) is 8.79. The quantitative estimate of drug-likeness (QED) is 0.589. The first-order chi connectivity index (χ1) is 15.9. The van der Waals surface area contributed by atoms with Gasteiger partial charge >= 0.3 is 6.03 Å². The van der Waals surface area contributed by atoms with Gasteiger partial charge in [-0.15, -0.1) is 0 Å². The highest BCUT2D eigenvalue weighted by Gasteiger charge is 2.54. The van der Waals surface area contributed by atoms with Crippen LogP contribution in [0.1, 0.15) is 30.4 Å². The van der Waals surface area contributed by atoms with Crippen molar-refractivity contribution in [1.29, 1.82) is 0 Å². The maximum absolute atomic E-state index is 12.9. The molecule has 5 rings (SSSR count). The third kappa shape index (κ3) is 3.67. The topological polar surface area (TPSA) is 96.3 Å². The van der Waals surface area contributed by atoms with E-state index in [1.165, 1.54) is 0 Å². The number of benzene rings is 2. The monoisotopic (exact) mass is 443 g/mol. The summed E-state index contributed by atoms with van der Waals surface area (Å²) >= 11 is 0. The number of anilines is 1. The van der Waals surface area contributed by atoms with Crippen LogP contribution in [-0.2, 0) is 9.59 Å². The van der Waals surface area contributed by atoms with Gasteiger partial charge in [-0.3, -0.25) is 14.5 Å². The normalized spacial score (nSPS) is 16.6. The molecule has 2 aromatic carbocycles. The minimum absolute atomic E-state index is 0.318. The average molecular weight is 444 g/mol. The van der Waals surface area contributed by atoms with Crippen LogP contribution in [-0.4, -0.2) is 44.6 Å². The van der Waals surface area contributed by atoms with Crippen LogP contribution in [0.4, 0.5) is 10.6 Å². The van der Waals surface area contributed by atoms with Gasteiger partial charge in [0.15, 0.2) is 0 Å². The second-order valence-corrected chi connectivity index (χ2v) is 8.79. The number of hydrogen-bond donors (Lipinski definition) is 2. The van der Waals surface area contributed by atoms with Gasteiger partial charge in [-0.05, 0) is 56.9 Å². The highest BCUT2D eigenvalue weighted by atomic mass is 16.2. The molecular formula is C25H25N5O3. The lowest BCUT2D eigenvalue weighted by atomic mass is 9.77. The summed E-state index contributed by atoms with van der Waals surface area (Å²) in [5, 5.41) is 10.4. The summed E-state index contributed by atoms with van der Waals surface area (Å²) in [6.07, 6.45) is 2.13. The maximum atomic E-state index is 12.9. The lowest BCUT2D eigenvalue weighted by Crippen LogP contribution is -2.52. The van der Waals surface area contributed by atoms with Crippen molar-refractivity contribution in [3.63, 3.8) is 0 Å². The molecule has 2 aliphatic rings. The molecule has 1 saturated heterocycles. The first-order valence-electron chi connectivity index (χ1n) is 11.0. The number of nitrogens with zero attached hydrogens (tertiary/aromatic N) is 3. The number of urea groups is 1. The third-order valence-electron chi connectivity index (χ3n) is 6.40. The maximum Gasteiger partial charge on any atom is 0.325 e. The number of para-hydroxylation sites is 1.